The van der Waals surface area contributed by atoms with E-state index in [1.165, 1.54) is 11.8 Å². The third-order valence-electron chi connectivity index (χ3n) is 3.24. The van der Waals surface area contributed by atoms with Gasteiger partial charge in [-0.05, 0) is 42.0 Å². The summed E-state index contributed by atoms with van der Waals surface area (Å²) in [7, 11) is 1.54. The predicted octanol–water partition coefficient (Wildman–Crippen LogP) is 5.28. The second kappa shape index (κ2) is 7.66. The van der Waals surface area contributed by atoms with Crippen molar-refractivity contribution in [1.82, 2.24) is 5.32 Å². The van der Waals surface area contributed by atoms with E-state index in [4.69, 9.17) is 44.9 Å². The van der Waals surface area contributed by atoms with Crippen molar-refractivity contribution in [2.24, 2.45) is 0 Å². The molecule has 2 aromatic carbocycles. The van der Waals surface area contributed by atoms with Crippen LogP contribution in [0.15, 0.2) is 41.3 Å². The van der Waals surface area contributed by atoms with Crippen molar-refractivity contribution in [2.75, 3.05) is 7.11 Å². The van der Waals surface area contributed by atoms with Gasteiger partial charge in [0.05, 0.1) is 17.0 Å². The van der Waals surface area contributed by atoms with Crippen LogP contribution in [0.2, 0.25) is 10.0 Å². The van der Waals surface area contributed by atoms with Crippen molar-refractivity contribution >= 4 is 63.5 Å². The summed E-state index contributed by atoms with van der Waals surface area (Å²) >= 11 is 18.3. The molecule has 0 aliphatic carbocycles. The van der Waals surface area contributed by atoms with Crippen molar-refractivity contribution in [3.63, 3.8) is 0 Å². The molecule has 25 heavy (non-hydrogen) atoms. The summed E-state index contributed by atoms with van der Waals surface area (Å²) in [6.45, 7) is 0. The number of methoxy groups -OCH3 is 1. The van der Waals surface area contributed by atoms with Gasteiger partial charge in [-0.25, -0.2) is 0 Å². The second-order valence-electron chi connectivity index (χ2n) is 4.94. The maximum Gasteiger partial charge on any atom is 0.263 e. The molecule has 128 valence electrons. The van der Waals surface area contributed by atoms with E-state index in [-0.39, 0.29) is 5.91 Å². The van der Waals surface area contributed by atoms with E-state index in [1.54, 1.807) is 43.5 Å². The predicted molar refractivity (Wildman–Crippen MR) is 106 cm³/mol. The van der Waals surface area contributed by atoms with Crippen LogP contribution in [0.3, 0.4) is 0 Å². The number of thiocarbonyl (C=S) groups is 1. The molecule has 8 heteroatoms. The Kier molecular flexibility index (Phi) is 5.54. The van der Waals surface area contributed by atoms with E-state index in [0.717, 1.165) is 5.56 Å². The number of ether oxygens (including phenoxy) is 2. The molecule has 4 nitrogen and oxygen atoms in total. The summed E-state index contributed by atoms with van der Waals surface area (Å²) in [6.07, 6.45) is 1.73. The largest absolute Gasteiger partial charge is 0.493 e. The van der Waals surface area contributed by atoms with Crippen LogP contribution in [0.1, 0.15) is 5.56 Å². The van der Waals surface area contributed by atoms with Gasteiger partial charge >= 0.3 is 0 Å². The SMILES string of the molecule is COc1ccc(C=C2SC(=S)NC2=O)cc1Oc1ccc(Cl)cc1Cl. The van der Waals surface area contributed by atoms with Gasteiger partial charge in [-0.3, -0.25) is 4.79 Å². The van der Waals surface area contributed by atoms with E-state index in [9.17, 15) is 4.79 Å². The average Bonchev–Trinajstić information content (AvgIpc) is 2.88. The molecule has 1 saturated heterocycles. The van der Waals surface area contributed by atoms with Gasteiger partial charge in [-0.2, -0.15) is 0 Å². The average molecular weight is 412 g/mol. The highest BCUT2D eigenvalue weighted by Crippen LogP contribution is 2.37. The molecule has 0 aromatic heterocycles. The molecule has 0 spiro atoms. The van der Waals surface area contributed by atoms with Crippen LogP contribution in [-0.4, -0.2) is 17.3 Å². The summed E-state index contributed by atoms with van der Waals surface area (Å²) in [4.78, 5) is 12.3. The number of halogens is 2. The molecule has 1 N–H and O–H groups in total. The second-order valence-corrected chi connectivity index (χ2v) is 7.50. The van der Waals surface area contributed by atoms with Crippen LogP contribution >= 0.6 is 47.2 Å². The van der Waals surface area contributed by atoms with Crippen molar-refractivity contribution in [3.05, 3.63) is 56.9 Å². The van der Waals surface area contributed by atoms with Crippen LogP contribution in [0, 0.1) is 0 Å². The van der Waals surface area contributed by atoms with Gasteiger partial charge in [0.2, 0.25) is 0 Å². The molecule has 3 rings (SSSR count). The summed E-state index contributed by atoms with van der Waals surface area (Å²) in [6, 6.07) is 10.3. The molecule has 1 heterocycles. The van der Waals surface area contributed by atoms with Crippen molar-refractivity contribution < 1.29 is 14.3 Å². The highest BCUT2D eigenvalue weighted by molar-refractivity contribution is 8.26. The zero-order valence-electron chi connectivity index (χ0n) is 12.8. The zero-order valence-corrected chi connectivity index (χ0v) is 16.0. The van der Waals surface area contributed by atoms with E-state index in [1.807, 2.05) is 6.07 Å². The van der Waals surface area contributed by atoms with Gasteiger partial charge in [-0.15, -0.1) is 0 Å². The van der Waals surface area contributed by atoms with Crippen LogP contribution in [0.25, 0.3) is 6.08 Å². The monoisotopic (exact) mass is 411 g/mol. The quantitative estimate of drug-likeness (QED) is 0.547. The number of hydrogen-bond donors (Lipinski definition) is 1. The van der Waals surface area contributed by atoms with Gasteiger partial charge in [0.1, 0.15) is 10.1 Å². The van der Waals surface area contributed by atoms with Gasteiger partial charge in [-0.1, -0.05) is 53.2 Å². The van der Waals surface area contributed by atoms with Crippen molar-refractivity contribution in [2.45, 2.75) is 0 Å². The summed E-state index contributed by atoms with van der Waals surface area (Å²) in [5.74, 6) is 1.23. The lowest BCUT2D eigenvalue weighted by atomic mass is 10.2. The van der Waals surface area contributed by atoms with Gasteiger partial charge in [0.25, 0.3) is 5.91 Å². The Morgan fingerprint density at radius 2 is 1.88 bits per heavy atom. The minimum Gasteiger partial charge on any atom is -0.493 e. The fourth-order valence-corrected chi connectivity index (χ4v) is 3.60. The lowest BCUT2D eigenvalue weighted by Gasteiger charge is -2.12. The molecule has 1 fully saturated rings. The number of thioether (sulfide) groups is 1. The first-order chi connectivity index (χ1) is 12.0. The number of hydrogen-bond acceptors (Lipinski definition) is 5. The molecule has 0 saturated carbocycles. The molecule has 1 amide bonds. The van der Waals surface area contributed by atoms with Gasteiger partial charge < -0.3 is 14.8 Å². The molecule has 0 radical (unpaired) electrons. The molecule has 1 aliphatic heterocycles. The summed E-state index contributed by atoms with van der Waals surface area (Å²) < 4.78 is 11.6. The Morgan fingerprint density at radius 3 is 2.52 bits per heavy atom. The molecular formula is C17H11Cl2NO3S2. The van der Waals surface area contributed by atoms with Crippen LogP contribution in [0.4, 0.5) is 0 Å². The first kappa shape index (κ1) is 18.1. The fraction of sp³-hybridized carbons (Fsp3) is 0.0588. The normalized spacial score (nSPS) is 15.4. The smallest absolute Gasteiger partial charge is 0.263 e. The number of benzene rings is 2. The number of amides is 1. The van der Waals surface area contributed by atoms with E-state index in [2.05, 4.69) is 5.32 Å². The highest BCUT2D eigenvalue weighted by Gasteiger charge is 2.22. The van der Waals surface area contributed by atoms with Gasteiger partial charge in [0.15, 0.2) is 11.5 Å². The Labute approximate surface area is 164 Å². The molecule has 0 unspecified atom stereocenters. The maximum atomic E-state index is 11.8. The summed E-state index contributed by atoms with van der Waals surface area (Å²) in [5.41, 5.74) is 0.767. The lowest BCUT2D eigenvalue weighted by Crippen LogP contribution is -2.17. The Hall–Kier alpha value is -1.73. The zero-order chi connectivity index (χ0) is 18.0. The molecule has 0 atom stereocenters. The third kappa shape index (κ3) is 4.27. The number of carbonyl (C=O) groups is 1. The molecular weight excluding hydrogens is 401 g/mol. The topological polar surface area (TPSA) is 47.6 Å². The van der Waals surface area contributed by atoms with Gasteiger partial charge in [0, 0.05) is 5.02 Å². The van der Waals surface area contributed by atoms with E-state index in [0.29, 0.717) is 36.5 Å². The highest BCUT2D eigenvalue weighted by atomic mass is 35.5. The van der Waals surface area contributed by atoms with Crippen LogP contribution < -0.4 is 14.8 Å². The number of nitrogens with one attached hydrogen (secondary N) is 1. The molecule has 1 aliphatic rings. The fourth-order valence-electron chi connectivity index (χ4n) is 2.11. The third-order valence-corrected chi connectivity index (χ3v) is 4.93. The Bertz CT molecular complexity index is 899. The number of carbonyl (C=O) groups excluding carboxylic acids is 1. The minimum absolute atomic E-state index is 0.214. The maximum absolute atomic E-state index is 11.8. The first-order valence-corrected chi connectivity index (χ1v) is 9.00. The summed E-state index contributed by atoms with van der Waals surface area (Å²) in [5, 5.41) is 3.48. The Balaban J connectivity index is 1.94. The standard InChI is InChI=1S/C17H11Cl2NO3S2/c1-22-13-4-2-9(7-15-16(21)20-17(24)25-15)6-14(13)23-12-5-3-10(18)8-11(12)19/h2-8H,1H3,(H,20,21,24). The van der Waals surface area contributed by atoms with E-state index < -0.39 is 0 Å². The number of rotatable bonds is 4. The van der Waals surface area contributed by atoms with E-state index >= 15 is 0 Å². The Morgan fingerprint density at radius 1 is 1.12 bits per heavy atom. The molecule has 0 bridgehead atoms. The molecule has 2 aromatic rings. The minimum atomic E-state index is -0.214. The van der Waals surface area contributed by atoms with Crippen molar-refractivity contribution in [1.29, 1.82) is 0 Å². The van der Waals surface area contributed by atoms with Crippen molar-refractivity contribution in [3.8, 4) is 17.2 Å². The van der Waals surface area contributed by atoms with Crippen LogP contribution in [0.5, 0.6) is 17.2 Å². The lowest BCUT2D eigenvalue weighted by molar-refractivity contribution is -0.115. The van der Waals surface area contributed by atoms with Crippen LogP contribution in [-0.2, 0) is 4.79 Å². The first-order valence-electron chi connectivity index (χ1n) is 7.02.